The summed E-state index contributed by atoms with van der Waals surface area (Å²) in [5.41, 5.74) is 7.95. The molecule has 0 bridgehead atoms. The van der Waals surface area contributed by atoms with Gasteiger partial charge in [-0.05, 0) is 18.6 Å². The van der Waals surface area contributed by atoms with Gasteiger partial charge in [0.05, 0.1) is 0 Å². The highest BCUT2D eigenvalue weighted by molar-refractivity contribution is 5.50. The number of nitrogen functional groups attached to an aromatic ring is 1. The smallest absolute Gasteiger partial charge is 0.221 e. The number of anilines is 2. The maximum absolute atomic E-state index is 9.68. The van der Waals surface area contributed by atoms with Crippen molar-refractivity contribution in [2.24, 2.45) is 0 Å². The molecule has 1 aliphatic heterocycles. The standard InChI is InChI=1S/C16H22N6O/c1-12(23)21-5-7-22(8-6-21)15-14(11-19-16(17)20-15)9-13-3-2-4-18-10-13/h2-4,10-12,23H,5-9H2,1H3,(H2,17,19,20). The third-order valence-electron chi connectivity index (χ3n) is 4.12. The third kappa shape index (κ3) is 3.75. The zero-order chi connectivity index (χ0) is 16.2. The largest absolute Gasteiger partial charge is 0.379 e. The average Bonchev–Trinajstić information content (AvgIpc) is 2.57. The number of nitrogens with two attached hydrogens (primary N) is 1. The lowest BCUT2D eigenvalue weighted by Crippen LogP contribution is -2.50. The molecule has 0 radical (unpaired) electrons. The van der Waals surface area contributed by atoms with Crippen molar-refractivity contribution < 1.29 is 5.11 Å². The van der Waals surface area contributed by atoms with Crippen molar-refractivity contribution in [3.05, 3.63) is 41.9 Å². The number of nitrogens with zero attached hydrogens (tertiary/aromatic N) is 5. The predicted molar refractivity (Wildman–Crippen MR) is 89.0 cm³/mol. The lowest BCUT2D eigenvalue weighted by molar-refractivity contribution is 0.0152. The Bertz CT molecular complexity index is 640. The molecule has 3 heterocycles. The number of aliphatic hydroxyl groups is 1. The Hall–Kier alpha value is -2.25. The molecule has 1 fully saturated rings. The van der Waals surface area contributed by atoms with Gasteiger partial charge in [-0.3, -0.25) is 9.88 Å². The van der Waals surface area contributed by atoms with Crippen LogP contribution in [0, 0.1) is 0 Å². The minimum Gasteiger partial charge on any atom is -0.379 e. The summed E-state index contributed by atoms with van der Waals surface area (Å²) >= 11 is 0. The number of pyridine rings is 1. The second-order valence-corrected chi connectivity index (χ2v) is 5.77. The minimum atomic E-state index is -0.414. The van der Waals surface area contributed by atoms with Crippen molar-refractivity contribution in [2.75, 3.05) is 36.8 Å². The van der Waals surface area contributed by atoms with Gasteiger partial charge in [0.2, 0.25) is 5.95 Å². The van der Waals surface area contributed by atoms with Gasteiger partial charge in [0.15, 0.2) is 0 Å². The van der Waals surface area contributed by atoms with Crippen LogP contribution in [-0.4, -0.2) is 57.4 Å². The van der Waals surface area contributed by atoms with Crippen molar-refractivity contribution >= 4 is 11.8 Å². The van der Waals surface area contributed by atoms with E-state index in [1.165, 1.54) is 0 Å². The van der Waals surface area contributed by atoms with E-state index in [1.807, 2.05) is 23.2 Å². The molecule has 0 amide bonds. The van der Waals surface area contributed by atoms with E-state index < -0.39 is 6.23 Å². The molecular formula is C16H22N6O. The zero-order valence-corrected chi connectivity index (χ0v) is 13.3. The lowest BCUT2D eigenvalue weighted by Gasteiger charge is -2.37. The van der Waals surface area contributed by atoms with Gasteiger partial charge in [0.1, 0.15) is 12.0 Å². The maximum Gasteiger partial charge on any atom is 0.221 e. The molecule has 3 N–H and O–H groups in total. The van der Waals surface area contributed by atoms with Gasteiger partial charge in [-0.2, -0.15) is 4.98 Å². The Labute approximate surface area is 135 Å². The Kier molecular flexibility index (Phi) is 4.68. The van der Waals surface area contributed by atoms with E-state index >= 15 is 0 Å². The van der Waals surface area contributed by atoms with Gasteiger partial charge in [0.25, 0.3) is 0 Å². The normalized spacial score (nSPS) is 17.2. The third-order valence-corrected chi connectivity index (χ3v) is 4.12. The Balaban J connectivity index is 1.80. The molecule has 2 aromatic heterocycles. The highest BCUT2D eigenvalue weighted by Crippen LogP contribution is 2.22. The van der Waals surface area contributed by atoms with E-state index in [-0.39, 0.29) is 5.95 Å². The van der Waals surface area contributed by atoms with Crippen molar-refractivity contribution in [1.82, 2.24) is 19.9 Å². The molecule has 0 aliphatic carbocycles. The SMILES string of the molecule is CC(O)N1CCN(c2nc(N)ncc2Cc2cccnc2)CC1. The minimum absolute atomic E-state index is 0.285. The first-order chi connectivity index (χ1) is 11.1. The van der Waals surface area contributed by atoms with Crippen molar-refractivity contribution in [3.8, 4) is 0 Å². The topological polar surface area (TPSA) is 91.4 Å². The zero-order valence-electron chi connectivity index (χ0n) is 13.3. The van der Waals surface area contributed by atoms with Crippen LogP contribution in [0.15, 0.2) is 30.7 Å². The summed E-state index contributed by atoms with van der Waals surface area (Å²) in [6.07, 6.45) is 5.72. The van der Waals surface area contributed by atoms with Crippen molar-refractivity contribution in [2.45, 2.75) is 19.6 Å². The van der Waals surface area contributed by atoms with E-state index in [1.54, 1.807) is 19.3 Å². The summed E-state index contributed by atoms with van der Waals surface area (Å²) in [5.74, 6) is 1.17. The van der Waals surface area contributed by atoms with Crippen LogP contribution < -0.4 is 10.6 Å². The molecular weight excluding hydrogens is 292 g/mol. The summed E-state index contributed by atoms with van der Waals surface area (Å²) in [6.45, 7) is 5.01. The van der Waals surface area contributed by atoms with Crippen LogP contribution in [0.5, 0.6) is 0 Å². The Morgan fingerprint density at radius 1 is 1.26 bits per heavy atom. The molecule has 122 valence electrons. The van der Waals surface area contributed by atoms with Gasteiger partial charge >= 0.3 is 0 Å². The molecule has 7 heteroatoms. The molecule has 1 saturated heterocycles. The number of rotatable bonds is 4. The fraction of sp³-hybridized carbons (Fsp3) is 0.438. The quantitative estimate of drug-likeness (QED) is 0.849. The van der Waals surface area contributed by atoms with Crippen molar-refractivity contribution in [1.29, 1.82) is 0 Å². The summed E-state index contributed by atoms with van der Waals surface area (Å²) in [5, 5.41) is 9.68. The molecule has 2 aromatic rings. The summed E-state index contributed by atoms with van der Waals surface area (Å²) < 4.78 is 0. The summed E-state index contributed by atoms with van der Waals surface area (Å²) in [4.78, 5) is 17.0. The monoisotopic (exact) mass is 314 g/mol. The highest BCUT2D eigenvalue weighted by atomic mass is 16.3. The Morgan fingerprint density at radius 3 is 2.70 bits per heavy atom. The first kappa shape index (κ1) is 15.6. The number of hydrogen-bond acceptors (Lipinski definition) is 7. The van der Waals surface area contributed by atoms with Crippen LogP contribution in [0.2, 0.25) is 0 Å². The second-order valence-electron chi connectivity index (χ2n) is 5.77. The maximum atomic E-state index is 9.68. The van der Waals surface area contributed by atoms with Gasteiger partial charge < -0.3 is 15.7 Å². The van der Waals surface area contributed by atoms with E-state index in [0.29, 0.717) is 0 Å². The van der Waals surface area contributed by atoms with Crippen LogP contribution in [0.1, 0.15) is 18.1 Å². The molecule has 1 atom stereocenters. The fourth-order valence-corrected chi connectivity index (χ4v) is 2.84. The van der Waals surface area contributed by atoms with Crippen LogP contribution in [0.3, 0.4) is 0 Å². The van der Waals surface area contributed by atoms with Gasteiger partial charge in [-0.1, -0.05) is 6.07 Å². The molecule has 0 spiro atoms. The fourth-order valence-electron chi connectivity index (χ4n) is 2.84. The number of piperazine rings is 1. The van der Waals surface area contributed by atoms with E-state index in [0.717, 1.165) is 49.5 Å². The van der Waals surface area contributed by atoms with Crippen LogP contribution >= 0.6 is 0 Å². The first-order valence-electron chi connectivity index (χ1n) is 7.81. The molecule has 1 aliphatic rings. The molecule has 23 heavy (non-hydrogen) atoms. The molecule has 1 unspecified atom stereocenters. The number of aromatic nitrogens is 3. The van der Waals surface area contributed by atoms with Gasteiger partial charge in [-0.25, -0.2) is 4.98 Å². The highest BCUT2D eigenvalue weighted by Gasteiger charge is 2.22. The van der Waals surface area contributed by atoms with Crippen molar-refractivity contribution in [3.63, 3.8) is 0 Å². The first-order valence-corrected chi connectivity index (χ1v) is 7.81. The predicted octanol–water partition coefficient (Wildman–Crippen LogP) is 0.505. The second kappa shape index (κ2) is 6.89. The molecule has 0 aromatic carbocycles. The molecule has 3 rings (SSSR count). The van der Waals surface area contributed by atoms with Crippen LogP contribution in [0.25, 0.3) is 0 Å². The van der Waals surface area contributed by atoms with E-state index in [4.69, 9.17) is 5.73 Å². The van der Waals surface area contributed by atoms with Crippen LogP contribution in [0.4, 0.5) is 11.8 Å². The summed E-state index contributed by atoms with van der Waals surface area (Å²) in [6, 6.07) is 3.97. The van der Waals surface area contributed by atoms with Gasteiger partial charge in [0, 0.05) is 56.8 Å². The Morgan fingerprint density at radius 2 is 2.04 bits per heavy atom. The average molecular weight is 314 g/mol. The number of hydrogen-bond donors (Lipinski definition) is 2. The molecule has 0 saturated carbocycles. The van der Waals surface area contributed by atoms with Gasteiger partial charge in [-0.15, -0.1) is 0 Å². The number of aliphatic hydroxyl groups excluding tert-OH is 1. The summed E-state index contributed by atoms with van der Waals surface area (Å²) in [7, 11) is 0. The van der Waals surface area contributed by atoms with E-state index in [9.17, 15) is 5.11 Å². The molecule has 7 nitrogen and oxygen atoms in total. The van der Waals surface area contributed by atoms with Crippen LogP contribution in [-0.2, 0) is 6.42 Å². The van der Waals surface area contributed by atoms with E-state index in [2.05, 4.69) is 19.9 Å². The lowest BCUT2D eigenvalue weighted by atomic mass is 10.1.